The smallest absolute Gasteiger partial charge is 0.332 e. The van der Waals surface area contributed by atoms with E-state index in [9.17, 15) is 22.8 Å². The average Bonchev–Trinajstić information content (AvgIpc) is 2.37. The predicted octanol–water partition coefficient (Wildman–Crippen LogP) is 2.54. The van der Waals surface area contributed by atoms with Gasteiger partial charge in [0.25, 0.3) is 0 Å². The first-order valence-electron chi connectivity index (χ1n) is 5.26. The van der Waals surface area contributed by atoms with Crippen LogP contribution in [0, 0.1) is 0 Å². The zero-order valence-corrected chi connectivity index (χ0v) is 11.5. The van der Waals surface area contributed by atoms with Crippen LogP contribution in [0.3, 0.4) is 0 Å². The van der Waals surface area contributed by atoms with Crippen molar-refractivity contribution in [3.63, 3.8) is 0 Å². The molecule has 0 aliphatic carbocycles. The highest BCUT2D eigenvalue weighted by Crippen LogP contribution is 2.25. The van der Waals surface area contributed by atoms with E-state index < -0.39 is 23.4 Å². The van der Waals surface area contributed by atoms with Crippen molar-refractivity contribution in [2.24, 2.45) is 0 Å². The number of Topliss-reactive ketones (excluding diaryl/α,β-unsaturated/α-hetero) is 1. The van der Waals surface area contributed by atoms with E-state index in [4.69, 9.17) is 0 Å². The standard InChI is InChI=1S/C12H11BrF3NO2/c1-11(9(18)7-13,8-5-3-2-4-6-8)17-10(19)12(14,15)16/h2-6H,7H2,1H3,(H,17,19). The maximum Gasteiger partial charge on any atom is 0.471 e. The van der Waals surface area contributed by atoms with Crippen molar-refractivity contribution in [1.82, 2.24) is 5.32 Å². The van der Waals surface area contributed by atoms with E-state index in [1.807, 2.05) is 0 Å². The van der Waals surface area contributed by atoms with Gasteiger partial charge < -0.3 is 5.32 Å². The van der Waals surface area contributed by atoms with Crippen LogP contribution in [0.2, 0.25) is 0 Å². The first-order valence-corrected chi connectivity index (χ1v) is 6.38. The molecule has 1 rings (SSSR count). The summed E-state index contributed by atoms with van der Waals surface area (Å²) in [5.74, 6) is -2.72. The third kappa shape index (κ3) is 3.56. The largest absolute Gasteiger partial charge is 0.471 e. The lowest BCUT2D eigenvalue weighted by Crippen LogP contribution is -2.53. The third-order valence-electron chi connectivity index (χ3n) is 2.65. The Bertz CT molecular complexity index is 476. The number of ketones is 1. The Morgan fingerprint density at radius 2 is 1.74 bits per heavy atom. The second-order valence-electron chi connectivity index (χ2n) is 4.00. The van der Waals surface area contributed by atoms with Gasteiger partial charge in [-0.3, -0.25) is 9.59 Å². The zero-order valence-electron chi connectivity index (χ0n) is 9.92. The van der Waals surface area contributed by atoms with Crippen LogP contribution in [0.5, 0.6) is 0 Å². The summed E-state index contributed by atoms with van der Waals surface area (Å²) in [4.78, 5) is 22.9. The van der Waals surface area contributed by atoms with Gasteiger partial charge in [-0.15, -0.1) is 0 Å². The van der Waals surface area contributed by atoms with Crippen molar-refractivity contribution in [2.45, 2.75) is 18.6 Å². The summed E-state index contributed by atoms with van der Waals surface area (Å²) in [5.41, 5.74) is -1.44. The SMILES string of the molecule is CC(NC(=O)C(F)(F)F)(C(=O)CBr)c1ccccc1. The van der Waals surface area contributed by atoms with Crippen LogP contribution in [0.15, 0.2) is 30.3 Å². The van der Waals surface area contributed by atoms with Gasteiger partial charge in [0.2, 0.25) is 0 Å². The highest BCUT2D eigenvalue weighted by Gasteiger charge is 2.45. The minimum Gasteiger partial charge on any atom is -0.332 e. The topological polar surface area (TPSA) is 46.2 Å². The summed E-state index contributed by atoms with van der Waals surface area (Å²) in [7, 11) is 0. The van der Waals surface area contributed by atoms with Crippen molar-refractivity contribution >= 4 is 27.6 Å². The number of hydrogen-bond donors (Lipinski definition) is 1. The Morgan fingerprint density at radius 3 is 2.16 bits per heavy atom. The predicted molar refractivity (Wildman–Crippen MR) is 66.8 cm³/mol. The molecule has 1 N–H and O–H groups in total. The highest BCUT2D eigenvalue weighted by molar-refractivity contribution is 9.09. The highest BCUT2D eigenvalue weighted by atomic mass is 79.9. The normalized spacial score (nSPS) is 14.6. The van der Waals surface area contributed by atoms with Crippen LogP contribution in [-0.4, -0.2) is 23.2 Å². The van der Waals surface area contributed by atoms with Crippen molar-refractivity contribution in [1.29, 1.82) is 0 Å². The molecule has 0 spiro atoms. The molecule has 7 heteroatoms. The zero-order chi connectivity index (χ0) is 14.7. The van der Waals surface area contributed by atoms with E-state index in [2.05, 4.69) is 15.9 Å². The number of amides is 1. The Hall–Kier alpha value is -1.37. The summed E-state index contributed by atoms with van der Waals surface area (Å²) >= 11 is 2.91. The molecule has 0 heterocycles. The third-order valence-corrected chi connectivity index (χ3v) is 3.16. The molecule has 3 nitrogen and oxygen atoms in total. The molecule has 0 bridgehead atoms. The van der Waals surface area contributed by atoms with Gasteiger partial charge in [-0.2, -0.15) is 13.2 Å². The minimum atomic E-state index is -5.04. The van der Waals surface area contributed by atoms with Gasteiger partial charge in [0.1, 0.15) is 5.54 Å². The number of nitrogens with one attached hydrogen (secondary N) is 1. The molecule has 1 aromatic rings. The van der Waals surface area contributed by atoms with Crippen molar-refractivity contribution in [3.05, 3.63) is 35.9 Å². The Balaban J connectivity index is 3.16. The Labute approximate surface area is 116 Å². The molecule has 0 saturated carbocycles. The van der Waals surface area contributed by atoms with Gasteiger partial charge in [0.15, 0.2) is 5.78 Å². The summed E-state index contributed by atoms with van der Waals surface area (Å²) < 4.78 is 37.0. The second-order valence-corrected chi connectivity index (χ2v) is 4.56. The van der Waals surface area contributed by atoms with E-state index in [1.54, 1.807) is 23.5 Å². The minimum absolute atomic E-state index is 0.170. The maximum atomic E-state index is 12.3. The van der Waals surface area contributed by atoms with Crippen LogP contribution in [0.25, 0.3) is 0 Å². The molecule has 0 radical (unpaired) electrons. The molecular weight excluding hydrogens is 327 g/mol. The number of alkyl halides is 4. The van der Waals surface area contributed by atoms with Gasteiger partial charge in [-0.25, -0.2) is 0 Å². The maximum absolute atomic E-state index is 12.3. The number of halogens is 4. The van der Waals surface area contributed by atoms with E-state index in [-0.39, 0.29) is 10.9 Å². The van der Waals surface area contributed by atoms with Crippen LogP contribution in [0.4, 0.5) is 13.2 Å². The fraction of sp³-hybridized carbons (Fsp3) is 0.333. The van der Waals surface area contributed by atoms with E-state index in [1.165, 1.54) is 19.1 Å². The molecule has 0 saturated heterocycles. The lowest BCUT2D eigenvalue weighted by atomic mass is 9.88. The quantitative estimate of drug-likeness (QED) is 0.858. The molecule has 1 aromatic carbocycles. The molecular formula is C12H11BrF3NO2. The lowest BCUT2D eigenvalue weighted by molar-refractivity contribution is -0.176. The number of rotatable bonds is 4. The fourth-order valence-electron chi connectivity index (χ4n) is 1.51. The molecule has 1 atom stereocenters. The van der Waals surface area contributed by atoms with Gasteiger partial charge in [-0.1, -0.05) is 46.3 Å². The lowest BCUT2D eigenvalue weighted by Gasteiger charge is -2.29. The summed E-state index contributed by atoms with van der Waals surface area (Å²) in [6.45, 7) is 1.25. The number of carbonyl (C=O) groups is 2. The molecule has 0 fully saturated rings. The van der Waals surface area contributed by atoms with Crippen LogP contribution in [-0.2, 0) is 15.1 Å². The number of benzene rings is 1. The van der Waals surface area contributed by atoms with Gasteiger partial charge in [0, 0.05) is 0 Å². The summed E-state index contributed by atoms with van der Waals surface area (Å²) in [5, 5.41) is 1.59. The number of carbonyl (C=O) groups excluding carboxylic acids is 2. The first-order chi connectivity index (χ1) is 8.71. The van der Waals surface area contributed by atoms with E-state index in [0.29, 0.717) is 0 Å². The van der Waals surface area contributed by atoms with Crippen molar-refractivity contribution < 1.29 is 22.8 Å². The summed E-state index contributed by atoms with van der Waals surface area (Å²) in [6.07, 6.45) is -5.04. The Morgan fingerprint density at radius 1 is 1.21 bits per heavy atom. The number of hydrogen-bond acceptors (Lipinski definition) is 2. The molecule has 19 heavy (non-hydrogen) atoms. The molecule has 104 valence electrons. The molecule has 0 aliphatic heterocycles. The first kappa shape index (κ1) is 15.7. The molecule has 0 aromatic heterocycles. The van der Waals surface area contributed by atoms with E-state index >= 15 is 0 Å². The van der Waals surface area contributed by atoms with Crippen LogP contribution >= 0.6 is 15.9 Å². The van der Waals surface area contributed by atoms with Crippen molar-refractivity contribution in [3.8, 4) is 0 Å². The molecule has 1 unspecified atom stereocenters. The van der Waals surface area contributed by atoms with E-state index in [0.717, 1.165) is 0 Å². The van der Waals surface area contributed by atoms with Crippen molar-refractivity contribution in [2.75, 3.05) is 5.33 Å². The second kappa shape index (κ2) is 5.73. The summed E-state index contributed by atoms with van der Waals surface area (Å²) in [6, 6.07) is 7.78. The Kier molecular flexibility index (Phi) is 4.73. The van der Waals surface area contributed by atoms with Gasteiger partial charge >= 0.3 is 12.1 Å². The average molecular weight is 338 g/mol. The van der Waals surface area contributed by atoms with Crippen LogP contribution in [0.1, 0.15) is 12.5 Å². The fourth-order valence-corrected chi connectivity index (χ4v) is 2.07. The monoisotopic (exact) mass is 337 g/mol. The van der Waals surface area contributed by atoms with Gasteiger partial charge in [0.05, 0.1) is 5.33 Å². The van der Waals surface area contributed by atoms with Crippen LogP contribution < -0.4 is 5.32 Å². The molecule has 1 amide bonds. The van der Waals surface area contributed by atoms with Gasteiger partial charge in [-0.05, 0) is 12.5 Å². The molecule has 0 aliphatic rings.